The molecule has 0 spiro atoms. The summed E-state index contributed by atoms with van der Waals surface area (Å²) in [5.74, 6) is -1.15. The lowest BCUT2D eigenvalue weighted by Crippen LogP contribution is -2.44. The maximum Gasteiger partial charge on any atom is 0.329 e. The summed E-state index contributed by atoms with van der Waals surface area (Å²) in [6, 6.07) is 0.292. The Morgan fingerprint density at radius 2 is 1.79 bits per heavy atom. The Morgan fingerprint density at radius 1 is 1.16 bits per heavy atom. The van der Waals surface area contributed by atoms with Crippen molar-refractivity contribution in [3.05, 3.63) is 0 Å². The molecule has 0 atom stereocenters. The van der Waals surface area contributed by atoms with Crippen molar-refractivity contribution in [3.8, 4) is 0 Å². The van der Waals surface area contributed by atoms with Crippen molar-refractivity contribution < 1.29 is 19.4 Å². The highest BCUT2D eigenvalue weighted by Gasteiger charge is 2.26. The normalized spacial score (nSPS) is 15.9. The van der Waals surface area contributed by atoms with Crippen LogP contribution in [0.15, 0.2) is 0 Å². The monoisotopic (exact) mass is 272 g/mol. The number of rotatable bonds is 8. The molecule has 1 rings (SSSR count). The topological polar surface area (TPSA) is 70.1 Å². The number of likely N-dealkylation sites (N-methyl/N-ethyl adjacent to an activating group) is 1. The number of carbonyl (C=O) groups excluding carboxylic acids is 1. The first kappa shape index (κ1) is 15.9. The first-order valence-corrected chi connectivity index (χ1v) is 6.74. The Labute approximate surface area is 114 Å². The Balaban J connectivity index is 2.46. The van der Waals surface area contributed by atoms with E-state index < -0.39 is 12.6 Å². The quantitative estimate of drug-likeness (QED) is 0.693. The smallest absolute Gasteiger partial charge is 0.329 e. The fraction of sp³-hybridized carbons (Fsp3) is 0.846. The van der Waals surface area contributed by atoms with Gasteiger partial charge in [-0.1, -0.05) is 12.8 Å². The van der Waals surface area contributed by atoms with Gasteiger partial charge in [0.2, 0.25) is 5.91 Å². The third-order valence-corrected chi connectivity index (χ3v) is 3.33. The van der Waals surface area contributed by atoms with Crippen molar-refractivity contribution in [1.29, 1.82) is 0 Å². The second-order valence-electron chi connectivity index (χ2n) is 5.22. The molecule has 1 N–H and O–H groups in total. The number of nitrogens with zero attached hydrogens (tertiary/aromatic N) is 2. The molecule has 0 aliphatic heterocycles. The fourth-order valence-electron chi connectivity index (χ4n) is 2.34. The van der Waals surface area contributed by atoms with Crippen molar-refractivity contribution in [3.63, 3.8) is 0 Å². The summed E-state index contributed by atoms with van der Waals surface area (Å²) in [6.45, 7) is 0.919. The van der Waals surface area contributed by atoms with Crippen LogP contribution in [0.1, 0.15) is 25.7 Å². The van der Waals surface area contributed by atoms with E-state index in [0.717, 1.165) is 32.2 Å². The summed E-state index contributed by atoms with van der Waals surface area (Å²) in [6.07, 6.45) is 4.40. The van der Waals surface area contributed by atoms with Gasteiger partial charge in [0.25, 0.3) is 0 Å². The third kappa shape index (κ3) is 6.02. The summed E-state index contributed by atoms with van der Waals surface area (Å²) in [7, 11) is 3.94. The Hall–Kier alpha value is -1.14. The summed E-state index contributed by atoms with van der Waals surface area (Å²) >= 11 is 0. The number of aliphatic carboxylic acids is 1. The lowest BCUT2D eigenvalue weighted by atomic mass is 10.2. The van der Waals surface area contributed by atoms with Gasteiger partial charge in [-0.15, -0.1) is 0 Å². The molecule has 6 nitrogen and oxygen atoms in total. The molecule has 1 amide bonds. The van der Waals surface area contributed by atoms with Gasteiger partial charge < -0.3 is 19.6 Å². The van der Waals surface area contributed by atoms with Crippen LogP contribution in [0.25, 0.3) is 0 Å². The third-order valence-electron chi connectivity index (χ3n) is 3.33. The van der Waals surface area contributed by atoms with E-state index >= 15 is 0 Å². The Bertz CT molecular complexity index is 301. The highest BCUT2D eigenvalue weighted by Crippen LogP contribution is 2.23. The van der Waals surface area contributed by atoms with Crippen LogP contribution in [-0.2, 0) is 14.3 Å². The van der Waals surface area contributed by atoms with E-state index in [9.17, 15) is 9.59 Å². The van der Waals surface area contributed by atoms with Crippen LogP contribution in [0.2, 0.25) is 0 Å². The molecule has 1 saturated carbocycles. The van der Waals surface area contributed by atoms with Crippen LogP contribution in [0.5, 0.6) is 0 Å². The maximum absolute atomic E-state index is 12.1. The molecule has 0 aromatic rings. The molecule has 0 radical (unpaired) electrons. The second-order valence-corrected chi connectivity index (χ2v) is 5.22. The van der Waals surface area contributed by atoms with Crippen LogP contribution < -0.4 is 0 Å². The zero-order valence-electron chi connectivity index (χ0n) is 11.8. The van der Waals surface area contributed by atoms with Crippen LogP contribution in [0.4, 0.5) is 0 Å². The van der Waals surface area contributed by atoms with E-state index in [2.05, 4.69) is 0 Å². The summed E-state index contributed by atoms with van der Waals surface area (Å²) < 4.78 is 4.90. The predicted octanol–water partition coefficient (Wildman–Crippen LogP) is 0.420. The van der Waals surface area contributed by atoms with Gasteiger partial charge in [-0.2, -0.15) is 0 Å². The van der Waals surface area contributed by atoms with Gasteiger partial charge in [-0.05, 0) is 26.9 Å². The minimum atomic E-state index is -1.05. The molecule has 0 aromatic carbocycles. The van der Waals surface area contributed by atoms with E-state index in [1.54, 1.807) is 0 Å². The molecular formula is C13H24N2O4. The SMILES string of the molecule is CN(C)CCN(C(=O)COCC(=O)O)C1CCCC1. The van der Waals surface area contributed by atoms with Crippen LogP contribution in [-0.4, -0.2) is 73.2 Å². The summed E-state index contributed by atoms with van der Waals surface area (Å²) in [5, 5.41) is 8.50. The second kappa shape index (κ2) is 8.12. The molecule has 110 valence electrons. The fourth-order valence-corrected chi connectivity index (χ4v) is 2.34. The molecule has 1 aliphatic rings. The number of hydrogen-bond donors (Lipinski definition) is 1. The van der Waals surface area contributed by atoms with E-state index in [-0.39, 0.29) is 12.5 Å². The largest absolute Gasteiger partial charge is 0.480 e. The summed E-state index contributed by atoms with van der Waals surface area (Å²) in [5.41, 5.74) is 0. The van der Waals surface area contributed by atoms with Crippen LogP contribution in [0.3, 0.4) is 0 Å². The van der Waals surface area contributed by atoms with Gasteiger partial charge in [0, 0.05) is 19.1 Å². The van der Waals surface area contributed by atoms with Crippen molar-refractivity contribution in [1.82, 2.24) is 9.80 Å². The lowest BCUT2D eigenvalue weighted by Gasteiger charge is -2.30. The maximum atomic E-state index is 12.1. The number of amides is 1. The Morgan fingerprint density at radius 3 is 2.32 bits per heavy atom. The van der Waals surface area contributed by atoms with Crippen molar-refractivity contribution >= 4 is 11.9 Å². The van der Waals surface area contributed by atoms with Crippen molar-refractivity contribution in [2.75, 3.05) is 40.4 Å². The first-order chi connectivity index (χ1) is 9.00. The van der Waals surface area contributed by atoms with Gasteiger partial charge in [0.15, 0.2) is 0 Å². The number of carboxylic acid groups (broad SMARTS) is 1. The van der Waals surface area contributed by atoms with Crippen LogP contribution in [0, 0.1) is 0 Å². The molecule has 0 unspecified atom stereocenters. The number of carbonyl (C=O) groups is 2. The van der Waals surface area contributed by atoms with E-state index in [1.807, 2.05) is 23.9 Å². The van der Waals surface area contributed by atoms with Crippen molar-refractivity contribution in [2.45, 2.75) is 31.7 Å². The number of ether oxygens (including phenoxy) is 1. The summed E-state index contributed by atoms with van der Waals surface area (Å²) in [4.78, 5) is 26.4. The standard InChI is InChI=1S/C13H24N2O4/c1-14(2)7-8-15(11-5-3-4-6-11)12(16)9-19-10-13(17)18/h11H,3-10H2,1-2H3,(H,17,18). The van der Waals surface area contributed by atoms with E-state index in [1.165, 1.54) is 0 Å². The average molecular weight is 272 g/mol. The first-order valence-electron chi connectivity index (χ1n) is 6.74. The minimum Gasteiger partial charge on any atom is -0.480 e. The Kier molecular flexibility index (Phi) is 6.80. The van der Waals surface area contributed by atoms with Gasteiger partial charge in [-0.25, -0.2) is 4.79 Å². The van der Waals surface area contributed by atoms with Gasteiger partial charge >= 0.3 is 5.97 Å². The molecule has 1 fully saturated rings. The molecule has 1 aliphatic carbocycles. The average Bonchev–Trinajstić information content (AvgIpc) is 2.82. The van der Waals surface area contributed by atoms with Crippen molar-refractivity contribution in [2.24, 2.45) is 0 Å². The molecule has 19 heavy (non-hydrogen) atoms. The molecule has 6 heteroatoms. The van der Waals surface area contributed by atoms with Gasteiger partial charge in [-0.3, -0.25) is 4.79 Å². The molecular weight excluding hydrogens is 248 g/mol. The zero-order chi connectivity index (χ0) is 14.3. The molecule has 0 saturated heterocycles. The number of carboxylic acids is 1. The molecule has 0 bridgehead atoms. The predicted molar refractivity (Wildman–Crippen MR) is 71.0 cm³/mol. The van der Waals surface area contributed by atoms with E-state index in [4.69, 9.17) is 9.84 Å². The minimum absolute atomic E-state index is 0.102. The van der Waals surface area contributed by atoms with Gasteiger partial charge in [0.1, 0.15) is 13.2 Å². The van der Waals surface area contributed by atoms with Gasteiger partial charge in [0.05, 0.1) is 0 Å². The molecule has 0 aromatic heterocycles. The zero-order valence-corrected chi connectivity index (χ0v) is 11.8. The molecule has 0 heterocycles. The number of hydrogen-bond acceptors (Lipinski definition) is 4. The highest BCUT2D eigenvalue weighted by molar-refractivity contribution is 5.78. The van der Waals surface area contributed by atoms with Crippen LogP contribution >= 0.6 is 0 Å². The van der Waals surface area contributed by atoms with E-state index in [0.29, 0.717) is 12.6 Å². The lowest BCUT2D eigenvalue weighted by molar-refractivity contribution is -0.146. The highest BCUT2D eigenvalue weighted by atomic mass is 16.5.